The van der Waals surface area contributed by atoms with Gasteiger partial charge in [0.1, 0.15) is 0 Å². The molecule has 26 heavy (non-hydrogen) atoms. The largest absolute Gasteiger partial charge is 0.333 e. The number of nitrogens with zero attached hydrogens (tertiary/aromatic N) is 1. The lowest BCUT2D eigenvalue weighted by atomic mass is 10.1. The fourth-order valence-corrected chi connectivity index (χ4v) is 3.27. The molecule has 0 aromatic heterocycles. The van der Waals surface area contributed by atoms with Gasteiger partial charge in [-0.25, -0.2) is 4.79 Å². The van der Waals surface area contributed by atoms with Gasteiger partial charge in [0.2, 0.25) is 5.91 Å². The van der Waals surface area contributed by atoms with E-state index in [1.807, 2.05) is 57.2 Å². The SMILES string of the molecule is Cc1ccc(N2CC(NC(=O)Nc3ccc(Br)c(C)c3)CC2=O)cc1C. The van der Waals surface area contributed by atoms with Gasteiger partial charge in [0, 0.05) is 28.8 Å². The second-order valence-corrected chi connectivity index (χ2v) is 7.59. The van der Waals surface area contributed by atoms with Crippen molar-refractivity contribution in [3.05, 3.63) is 57.6 Å². The average Bonchev–Trinajstić information content (AvgIpc) is 2.93. The van der Waals surface area contributed by atoms with Crippen molar-refractivity contribution in [1.82, 2.24) is 5.32 Å². The third-order valence-electron chi connectivity index (χ3n) is 4.68. The van der Waals surface area contributed by atoms with Gasteiger partial charge in [-0.15, -0.1) is 0 Å². The van der Waals surface area contributed by atoms with E-state index in [0.717, 1.165) is 27.0 Å². The van der Waals surface area contributed by atoms with Crippen LogP contribution >= 0.6 is 15.9 Å². The van der Waals surface area contributed by atoms with Crippen LogP contribution in [0.5, 0.6) is 0 Å². The van der Waals surface area contributed by atoms with Crippen molar-refractivity contribution in [2.75, 3.05) is 16.8 Å². The number of amides is 3. The summed E-state index contributed by atoms with van der Waals surface area (Å²) in [6.45, 7) is 6.52. The molecule has 0 spiro atoms. The molecule has 3 amide bonds. The van der Waals surface area contributed by atoms with Crippen LogP contribution in [-0.4, -0.2) is 24.5 Å². The van der Waals surface area contributed by atoms with Crippen LogP contribution in [0, 0.1) is 20.8 Å². The number of hydrogen-bond donors (Lipinski definition) is 2. The topological polar surface area (TPSA) is 61.4 Å². The lowest BCUT2D eigenvalue weighted by Crippen LogP contribution is -2.39. The summed E-state index contributed by atoms with van der Waals surface area (Å²) in [5, 5.41) is 5.72. The van der Waals surface area contributed by atoms with Gasteiger partial charge in [-0.3, -0.25) is 4.79 Å². The van der Waals surface area contributed by atoms with Gasteiger partial charge >= 0.3 is 6.03 Å². The van der Waals surface area contributed by atoms with E-state index in [9.17, 15) is 9.59 Å². The molecule has 0 aliphatic carbocycles. The second-order valence-electron chi connectivity index (χ2n) is 6.74. The van der Waals surface area contributed by atoms with Crippen LogP contribution < -0.4 is 15.5 Å². The molecule has 1 fully saturated rings. The van der Waals surface area contributed by atoms with Crippen LogP contribution in [0.2, 0.25) is 0 Å². The molecule has 1 aliphatic heterocycles. The molecule has 0 radical (unpaired) electrons. The van der Waals surface area contributed by atoms with Crippen molar-refractivity contribution in [1.29, 1.82) is 0 Å². The number of carbonyl (C=O) groups excluding carboxylic acids is 2. The molecule has 1 saturated heterocycles. The van der Waals surface area contributed by atoms with Crippen molar-refractivity contribution in [2.24, 2.45) is 0 Å². The zero-order chi connectivity index (χ0) is 18.8. The molecule has 1 heterocycles. The van der Waals surface area contributed by atoms with Crippen molar-refractivity contribution in [2.45, 2.75) is 33.2 Å². The van der Waals surface area contributed by atoms with E-state index in [0.29, 0.717) is 13.0 Å². The number of urea groups is 1. The summed E-state index contributed by atoms with van der Waals surface area (Å²) >= 11 is 3.44. The third kappa shape index (κ3) is 4.07. The number of halogens is 1. The lowest BCUT2D eigenvalue weighted by Gasteiger charge is -2.18. The van der Waals surface area contributed by atoms with Crippen LogP contribution in [0.15, 0.2) is 40.9 Å². The van der Waals surface area contributed by atoms with Crippen molar-refractivity contribution in [3.8, 4) is 0 Å². The zero-order valence-corrected chi connectivity index (χ0v) is 16.7. The van der Waals surface area contributed by atoms with Crippen LogP contribution in [0.4, 0.5) is 16.2 Å². The Labute approximate surface area is 161 Å². The molecule has 1 unspecified atom stereocenters. The van der Waals surface area contributed by atoms with E-state index in [4.69, 9.17) is 0 Å². The number of rotatable bonds is 3. The fourth-order valence-electron chi connectivity index (χ4n) is 3.02. The van der Waals surface area contributed by atoms with Crippen LogP contribution in [-0.2, 0) is 4.79 Å². The molecule has 2 aromatic rings. The van der Waals surface area contributed by atoms with Gasteiger partial charge in [-0.05, 0) is 67.8 Å². The first kappa shape index (κ1) is 18.5. The normalized spacial score (nSPS) is 16.7. The van der Waals surface area contributed by atoms with E-state index in [1.54, 1.807) is 4.90 Å². The lowest BCUT2D eigenvalue weighted by molar-refractivity contribution is -0.117. The van der Waals surface area contributed by atoms with E-state index in [2.05, 4.69) is 26.6 Å². The Morgan fingerprint density at radius 1 is 1.08 bits per heavy atom. The molecule has 6 heteroatoms. The minimum atomic E-state index is -0.300. The summed E-state index contributed by atoms with van der Waals surface area (Å²) in [5.41, 5.74) is 4.99. The van der Waals surface area contributed by atoms with Gasteiger partial charge < -0.3 is 15.5 Å². The first-order valence-electron chi connectivity index (χ1n) is 8.55. The highest BCUT2D eigenvalue weighted by atomic mass is 79.9. The van der Waals surface area contributed by atoms with Crippen LogP contribution in [0.1, 0.15) is 23.1 Å². The van der Waals surface area contributed by atoms with Crippen molar-refractivity contribution >= 4 is 39.2 Å². The van der Waals surface area contributed by atoms with E-state index >= 15 is 0 Å². The average molecular weight is 416 g/mol. The Kier molecular flexibility index (Phi) is 5.32. The summed E-state index contributed by atoms with van der Waals surface area (Å²) in [4.78, 5) is 26.3. The van der Waals surface area contributed by atoms with E-state index < -0.39 is 0 Å². The number of aryl methyl sites for hydroxylation is 3. The monoisotopic (exact) mass is 415 g/mol. The summed E-state index contributed by atoms with van der Waals surface area (Å²) in [7, 11) is 0. The summed E-state index contributed by atoms with van der Waals surface area (Å²) in [6, 6.07) is 11.1. The maximum Gasteiger partial charge on any atom is 0.319 e. The van der Waals surface area contributed by atoms with Crippen molar-refractivity contribution in [3.63, 3.8) is 0 Å². The summed E-state index contributed by atoms with van der Waals surface area (Å²) in [6.07, 6.45) is 0.305. The molecule has 0 bridgehead atoms. The highest BCUT2D eigenvalue weighted by molar-refractivity contribution is 9.10. The molecular formula is C20H22BrN3O2. The van der Waals surface area contributed by atoms with Crippen LogP contribution in [0.3, 0.4) is 0 Å². The highest BCUT2D eigenvalue weighted by Gasteiger charge is 2.31. The fraction of sp³-hybridized carbons (Fsp3) is 0.300. The number of nitrogens with one attached hydrogen (secondary N) is 2. The van der Waals surface area contributed by atoms with Gasteiger partial charge in [0.15, 0.2) is 0 Å². The van der Waals surface area contributed by atoms with E-state index in [-0.39, 0.29) is 18.0 Å². The number of hydrogen-bond acceptors (Lipinski definition) is 2. The summed E-state index contributed by atoms with van der Waals surface area (Å²) in [5.74, 6) is 0.0260. The maximum absolute atomic E-state index is 12.4. The first-order valence-corrected chi connectivity index (χ1v) is 9.34. The van der Waals surface area contributed by atoms with Gasteiger partial charge in [0.05, 0.1) is 6.04 Å². The zero-order valence-electron chi connectivity index (χ0n) is 15.1. The molecule has 0 saturated carbocycles. The Bertz CT molecular complexity index is 866. The molecule has 2 aromatic carbocycles. The molecule has 5 nitrogen and oxygen atoms in total. The maximum atomic E-state index is 12.4. The minimum absolute atomic E-state index is 0.0260. The van der Waals surface area contributed by atoms with Gasteiger partial charge in [-0.1, -0.05) is 22.0 Å². The molecule has 136 valence electrons. The van der Waals surface area contributed by atoms with Gasteiger partial charge in [-0.2, -0.15) is 0 Å². The molecule has 1 atom stereocenters. The Hall–Kier alpha value is -2.34. The predicted molar refractivity (Wildman–Crippen MR) is 108 cm³/mol. The molecule has 1 aliphatic rings. The predicted octanol–water partition coefficient (Wildman–Crippen LogP) is 4.30. The Balaban J connectivity index is 1.62. The molecule has 3 rings (SSSR count). The standard InChI is InChI=1S/C20H22BrN3O2/c1-12-4-6-17(9-13(12)2)24-11-16(10-19(24)25)23-20(26)22-15-5-7-18(21)14(3)8-15/h4-9,16H,10-11H2,1-3H3,(H2,22,23,26). The van der Waals surface area contributed by atoms with Crippen molar-refractivity contribution < 1.29 is 9.59 Å². The van der Waals surface area contributed by atoms with Gasteiger partial charge in [0.25, 0.3) is 0 Å². The smallest absolute Gasteiger partial charge is 0.319 e. The second kappa shape index (κ2) is 7.50. The number of anilines is 2. The Morgan fingerprint density at radius 3 is 2.54 bits per heavy atom. The quantitative estimate of drug-likeness (QED) is 0.784. The van der Waals surface area contributed by atoms with Crippen LogP contribution in [0.25, 0.3) is 0 Å². The molecular weight excluding hydrogens is 394 g/mol. The van der Waals surface area contributed by atoms with E-state index in [1.165, 1.54) is 5.56 Å². The summed E-state index contributed by atoms with van der Waals surface area (Å²) < 4.78 is 0.994. The molecule has 2 N–H and O–H groups in total. The number of benzene rings is 2. The highest BCUT2D eigenvalue weighted by Crippen LogP contribution is 2.24. The first-order chi connectivity index (χ1) is 12.3. The third-order valence-corrected chi connectivity index (χ3v) is 5.57. The Morgan fingerprint density at radius 2 is 1.85 bits per heavy atom. The minimum Gasteiger partial charge on any atom is -0.333 e. The number of carbonyl (C=O) groups is 2.